The summed E-state index contributed by atoms with van der Waals surface area (Å²) in [5.74, 6) is -2.61. The first-order valence-corrected chi connectivity index (χ1v) is 18.5. The summed E-state index contributed by atoms with van der Waals surface area (Å²) in [4.78, 5) is 87.0. The highest BCUT2D eigenvalue weighted by molar-refractivity contribution is 6.02. The molecule has 0 saturated carbocycles. The summed E-state index contributed by atoms with van der Waals surface area (Å²) in [6.07, 6.45) is 4.88. The maximum absolute atomic E-state index is 14.1. The van der Waals surface area contributed by atoms with E-state index in [1.807, 2.05) is 27.7 Å². The Morgan fingerprint density at radius 2 is 1.57 bits per heavy atom. The highest BCUT2D eigenvalue weighted by Gasteiger charge is 2.46. The van der Waals surface area contributed by atoms with Crippen molar-refractivity contribution < 1.29 is 33.9 Å². The summed E-state index contributed by atoms with van der Waals surface area (Å²) in [5.41, 5.74) is 0. The van der Waals surface area contributed by atoms with E-state index in [2.05, 4.69) is 19.2 Å². The Hall–Kier alpha value is -3.02. The van der Waals surface area contributed by atoms with Crippen molar-refractivity contribution in [1.82, 2.24) is 24.9 Å². The Bertz CT molecular complexity index is 1170. The lowest BCUT2D eigenvalue weighted by Crippen LogP contribution is -2.62. The van der Waals surface area contributed by atoms with Crippen LogP contribution in [0.2, 0.25) is 0 Å². The van der Waals surface area contributed by atoms with Crippen LogP contribution in [0.15, 0.2) is 0 Å². The van der Waals surface area contributed by atoms with Crippen molar-refractivity contribution in [3.05, 3.63) is 0 Å². The van der Waals surface area contributed by atoms with Crippen LogP contribution in [0.5, 0.6) is 0 Å². The number of aliphatic hydroxyl groups is 1. The van der Waals surface area contributed by atoms with Gasteiger partial charge in [-0.15, -0.1) is 0 Å². The summed E-state index contributed by atoms with van der Waals surface area (Å²) in [6, 6.07) is -4.26. The first-order chi connectivity index (χ1) is 22.8. The van der Waals surface area contributed by atoms with E-state index < -0.39 is 48.0 Å². The summed E-state index contributed by atoms with van der Waals surface area (Å²) in [7, 11) is 3.08. The minimum atomic E-state index is -1.38. The predicted octanol–water partition coefficient (Wildman–Crippen LogP) is 3.59. The molecule has 0 bridgehead atoms. The molecule has 0 aromatic carbocycles. The minimum absolute atomic E-state index is 0.0612. The van der Waals surface area contributed by atoms with Gasteiger partial charge in [0.15, 0.2) is 0 Å². The topological polar surface area (TPSA) is 148 Å². The second kappa shape index (κ2) is 18.8. The van der Waals surface area contributed by atoms with E-state index in [1.165, 1.54) is 33.6 Å². The average Bonchev–Trinajstić information content (AvgIpc) is 3.65. The molecule has 49 heavy (non-hydrogen) atoms. The molecule has 0 aromatic rings. The van der Waals surface area contributed by atoms with Gasteiger partial charge in [-0.1, -0.05) is 67.7 Å². The third kappa shape index (κ3) is 10.7. The SMILES string of the molecule is CCCC[C@@H](C)C[C@@H](C)C(=O)N(C)[C@@H](CC(C)C)C(=O)N[C@H](C(=O)N(C)[C@H](C(=O)N1CCC[C@H]1C(=O)N1C(=O)CC[C@@H]1C)C(C)C)[C@@H](C)O. The van der Waals surface area contributed by atoms with Gasteiger partial charge < -0.3 is 25.1 Å². The molecule has 2 aliphatic rings. The van der Waals surface area contributed by atoms with Crippen molar-refractivity contribution in [2.45, 2.75) is 156 Å². The number of imide groups is 1. The lowest BCUT2D eigenvalue weighted by molar-refractivity contribution is -0.155. The molecule has 0 unspecified atom stereocenters. The normalized spacial score (nSPS) is 21.7. The van der Waals surface area contributed by atoms with Gasteiger partial charge in [-0.2, -0.15) is 0 Å². The van der Waals surface area contributed by atoms with E-state index in [0.29, 0.717) is 51.0 Å². The molecule has 0 spiro atoms. The number of hydrogen-bond acceptors (Lipinski definition) is 7. The second-order valence-electron chi connectivity index (χ2n) is 15.5. The van der Waals surface area contributed by atoms with E-state index in [0.717, 1.165) is 19.3 Å². The largest absolute Gasteiger partial charge is 0.391 e. The molecule has 0 radical (unpaired) electrons. The first kappa shape index (κ1) is 42.1. The quantitative estimate of drug-likeness (QED) is 0.222. The van der Waals surface area contributed by atoms with Crippen LogP contribution >= 0.6 is 0 Å². The fourth-order valence-corrected chi connectivity index (χ4v) is 7.44. The van der Waals surface area contributed by atoms with Crippen LogP contribution in [0.25, 0.3) is 0 Å². The maximum atomic E-state index is 14.1. The number of rotatable bonds is 17. The number of hydrogen-bond donors (Lipinski definition) is 2. The van der Waals surface area contributed by atoms with Crippen LogP contribution < -0.4 is 5.32 Å². The number of likely N-dealkylation sites (tertiary alicyclic amines) is 2. The number of nitrogens with one attached hydrogen (secondary N) is 1. The van der Waals surface area contributed by atoms with Crippen LogP contribution in [-0.2, 0) is 28.8 Å². The van der Waals surface area contributed by atoms with E-state index in [9.17, 15) is 33.9 Å². The third-order valence-corrected chi connectivity index (χ3v) is 10.3. The van der Waals surface area contributed by atoms with Crippen molar-refractivity contribution in [3.63, 3.8) is 0 Å². The monoisotopic (exact) mass is 691 g/mol. The van der Waals surface area contributed by atoms with Gasteiger partial charge in [0.1, 0.15) is 24.2 Å². The number of nitrogens with zero attached hydrogens (tertiary/aromatic N) is 4. The van der Waals surface area contributed by atoms with E-state index in [4.69, 9.17) is 0 Å². The van der Waals surface area contributed by atoms with Crippen molar-refractivity contribution in [1.29, 1.82) is 0 Å². The van der Waals surface area contributed by atoms with Gasteiger partial charge in [0.05, 0.1) is 6.10 Å². The summed E-state index contributed by atoms with van der Waals surface area (Å²) < 4.78 is 0. The highest BCUT2D eigenvalue weighted by atomic mass is 16.3. The smallest absolute Gasteiger partial charge is 0.252 e. The summed E-state index contributed by atoms with van der Waals surface area (Å²) in [5, 5.41) is 13.5. The van der Waals surface area contributed by atoms with E-state index in [-0.39, 0.29) is 41.5 Å². The zero-order chi connectivity index (χ0) is 37.3. The maximum Gasteiger partial charge on any atom is 0.252 e. The Labute approximate surface area is 294 Å². The Morgan fingerprint density at radius 3 is 2.08 bits per heavy atom. The van der Waals surface area contributed by atoms with Gasteiger partial charge in [-0.05, 0) is 63.7 Å². The van der Waals surface area contributed by atoms with Crippen molar-refractivity contribution in [2.75, 3.05) is 20.6 Å². The Kier molecular flexibility index (Phi) is 16.2. The van der Waals surface area contributed by atoms with Gasteiger partial charge in [-0.25, -0.2) is 0 Å². The van der Waals surface area contributed by atoms with Crippen molar-refractivity contribution in [2.24, 2.45) is 23.7 Å². The first-order valence-electron chi connectivity index (χ1n) is 18.5. The van der Waals surface area contributed by atoms with Crippen molar-refractivity contribution >= 4 is 35.4 Å². The van der Waals surface area contributed by atoms with Gasteiger partial charge in [0, 0.05) is 39.0 Å². The fraction of sp³-hybridized carbons (Fsp3) is 0.838. The van der Waals surface area contributed by atoms with Crippen LogP contribution in [-0.4, -0.2) is 117 Å². The average molecular weight is 692 g/mol. The number of carbonyl (C=O) groups is 6. The summed E-state index contributed by atoms with van der Waals surface area (Å²) in [6.45, 7) is 17.2. The molecule has 8 atom stereocenters. The van der Waals surface area contributed by atoms with Crippen LogP contribution in [0.3, 0.4) is 0 Å². The lowest BCUT2D eigenvalue weighted by atomic mass is 9.91. The molecule has 2 aliphatic heterocycles. The Balaban J connectivity index is 2.27. The molecule has 12 nitrogen and oxygen atoms in total. The van der Waals surface area contributed by atoms with Crippen molar-refractivity contribution in [3.8, 4) is 0 Å². The number of unbranched alkanes of at least 4 members (excludes halogenated alkanes) is 1. The molecule has 12 heteroatoms. The number of amides is 6. The van der Waals surface area contributed by atoms with E-state index >= 15 is 0 Å². The predicted molar refractivity (Wildman–Crippen MR) is 189 cm³/mol. The minimum Gasteiger partial charge on any atom is -0.391 e. The molecule has 2 N–H and O–H groups in total. The molecule has 2 heterocycles. The second-order valence-corrected chi connectivity index (χ2v) is 15.5. The van der Waals surface area contributed by atoms with Gasteiger partial charge in [0.25, 0.3) is 5.91 Å². The fourth-order valence-electron chi connectivity index (χ4n) is 7.44. The van der Waals surface area contributed by atoms with Gasteiger partial charge in [-0.3, -0.25) is 33.7 Å². The number of aliphatic hydroxyl groups excluding tert-OH is 1. The molecule has 6 amide bonds. The molecule has 2 fully saturated rings. The molecule has 2 rings (SSSR count). The Morgan fingerprint density at radius 1 is 0.939 bits per heavy atom. The van der Waals surface area contributed by atoms with E-state index in [1.54, 1.807) is 20.9 Å². The number of carbonyl (C=O) groups excluding carboxylic acids is 6. The molecular formula is C37H65N5O7. The third-order valence-electron chi connectivity index (χ3n) is 10.3. The summed E-state index contributed by atoms with van der Waals surface area (Å²) >= 11 is 0. The molecule has 0 aromatic heterocycles. The van der Waals surface area contributed by atoms with Crippen LogP contribution in [0.1, 0.15) is 120 Å². The van der Waals surface area contributed by atoms with Gasteiger partial charge >= 0.3 is 0 Å². The standard InChI is InChI=1S/C37H65N5O7/c1-12-13-15-24(6)21-25(7)34(46)39(10)29(20-22(2)3)33(45)38-31(27(9)43)36(48)40(11)32(23(4)5)37(49)41-19-14-16-28(41)35(47)42-26(8)17-18-30(42)44/h22-29,31-32,43H,12-21H2,1-11H3,(H,38,45)/t24-,25-,26+,27-,28+,29+,31+,32+/m1/s1. The van der Waals surface area contributed by atoms with Crippen LogP contribution in [0.4, 0.5) is 0 Å². The number of likely N-dealkylation sites (N-methyl/N-ethyl adjacent to an activating group) is 2. The van der Waals surface area contributed by atoms with Gasteiger partial charge in [0.2, 0.25) is 29.5 Å². The molecule has 280 valence electrons. The molecular weight excluding hydrogens is 626 g/mol. The zero-order valence-corrected chi connectivity index (χ0v) is 32.0. The zero-order valence-electron chi connectivity index (χ0n) is 32.0. The van der Waals surface area contributed by atoms with Crippen LogP contribution in [0, 0.1) is 23.7 Å². The molecule has 2 saturated heterocycles. The lowest BCUT2D eigenvalue weighted by Gasteiger charge is -2.38. The molecule has 0 aliphatic carbocycles. The highest BCUT2D eigenvalue weighted by Crippen LogP contribution is 2.28.